The molecule has 0 heterocycles. The fraction of sp³-hybridized carbons (Fsp3) is 0.200. The summed E-state index contributed by atoms with van der Waals surface area (Å²) >= 11 is 9.53. The zero-order valence-corrected chi connectivity index (χ0v) is 13.2. The molecule has 0 saturated carbocycles. The molecule has 2 rings (SSSR count). The van der Waals surface area contributed by atoms with Crippen molar-refractivity contribution in [2.75, 3.05) is 19.1 Å². The van der Waals surface area contributed by atoms with Crippen LogP contribution in [0.5, 0.6) is 5.75 Å². The Labute approximate surface area is 127 Å². The van der Waals surface area contributed by atoms with Crippen molar-refractivity contribution in [3.05, 3.63) is 53.1 Å². The van der Waals surface area contributed by atoms with Crippen LogP contribution in [0.1, 0.15) is 5.56 Å². The number of ether oxygens (including phenoxy) is 1. The van der Waals surface area contributed by atoms with Gasteiger partial charge in [0.05, 0.1) is 7.11 Å². The number of methoxy groups -OCH3 is 1. The molecule has 0 aliphatic carbocycles. The molecule has 0 aliphatic rings. The van der Waals surface area contributed by atoms with Crippen LogP contribution in [0.15, 0.2) is 42.5 Å². The Morgan fingerprint density at radius 2 is 1.84 bits per heavy atom. The molecule has 0 atom stereocenters. The number of hydrogen-bond acceptors (Lipinski definition) is 2. The van der Waals surface area contributed by atoms with Gasteiger partial charge in [-0.1, -0.05) is 27.5 Å². The van der Waals surface area contributed by atoms with E-state index in [1.54, 1.807) is 7.11 Å². The van der Waals surface area contributed by atoms with Crippen molar-refractivity contribution in [1.29, 1.82) is 0 Å². The SMILES string of the molecule is COc1ccc(N(C)c2ccc(Cl)cc2CBr)cc1. The highest BCUT2D eigenvalue weighted by Crippen LogP contribution is 2.31. The Kier molecular flexibility index (Phi) is 4.72. The molecule has 0 bridgehead atoms. The lowest BCUT2D eigenvalue weighted by atomic mass is 10.1. The van der Waals surface area contributed by atoms with Crippen molar-refractivity contribution >= 4 is 38.9 Å². The van der Waals surface area contributed by atoms with Crippen LogP contribution in [-0.4, -0.2) is 14.2 Å². The molecule has 0 saturated heterocycles. The van der Waals surface area contributed by atoms with E-state index < -0.39 is 0 Å². The third-order valence-corrected chi connectivity index (χ3v) is 3.85. The van der Waals surface area contributed by atoms with Crippen molar-refractivity contribution in [2.45, 2.75) is 5.33 Å². The van der Waals surface area contributed by atoms with E-state index in [1.165, 1.54) is 0 Å². The normalized spacial score (nSPS) is 10.3. The Balaban J connectivity index is 2.34. The summed E-state index contributed by atoms with van der Waals surface area (Å²) in [7, 11) is 3.71. The number of benzene rings is 2. The first-order valence-electron chi connectivity index (χ1n) is 5.88. The van der Waals surface area contributed by atoms with Gasteiger partial charge in [-0.15, -0.1) is 0 Å². The van der Waals surface area contributed by atoms with E-state index in [0.29, 0.717) is 0 Å². The standard InChI is InChI=1S/C15H15BrClNO/c1-18(13-4-6-14(19-2)7-5-13)15-8-3-12(17)9-11(15)10-16/h3-9H,10H2,1-2H3. The highest BCUT2D eigenvalue weighted by Gasteiger charge is 2.09. The summed E-state index contributed by atoms with van der Waals surface area (Å²) in [5, 5.41) is 1.52. The third kappa shape index (κ3) is 3.23. The van der Waals surface area contributed by atoms with E-state index in [9.17, 15) is 0 Å². The van der Waals surface area contributed by atoms with Gasteiger partial charge in [0.25, 0.3) is 0 Å². The molecule has 100 valence electrons. The van der Waals surface area contributed by atoms with E-state index in [2.05, 4.69) is 20.8 Å². The average molecular weight is 341 g/mol. The van der Waals surface area contributed by atoms with Gasteiger partial charge in [0.1, 0.15) is 5.75 Å². The Bertz CT molecular complexity index is 557. The van der Waals surface area contributed by atoms with Gasteiger partial charge < -0.3 is 9.64 Å². The van der Waals surface area contributed by atoms with Gasteiger partial charge in [-0.05, 0) is 48.0 Å². The van der Waals surface area contributed by atoms with Gasteiger partial charge in [-0.2, -0.15) is 0 Å². The first-order valence-corrected chi connectivity index (χ1v) is 7.38. The molecule has 0 aliphatic heterocycles. The molecule has 2 aromatic carbocycles. The molecular weight excluding hydrogens is 326 g/mol. The quantitative estimate of drug-likeness (QED) is 0.725. The molecule has 4 heteroatoms. The van der Waals surface area contributed by atoms with Crippen LogP contribution in [0.4, 0.5) is 11.4 Å². The first kappa shape index (κ1) is 14.2. The number of halogens is 2. The van der Waals surface area contributed by atoms with Crippen LogP contribution in [0.25, 0.3) is 0 Å². The number of nitrogens with zero attached hydrogens (tertiary/aromatic N) is 1. The highest BCUT2D eigenvalue weighted by molar-refractivity contribution is 9.08. The number of anilines is 2. The Hall–Kier alpha value is -1.19. The highest BCUT2D eigenvalue weighted by atomic mass is 79.9. The fourth-order valence-electron chi connectivity index (χ4n) is 1.93. The van der Waals surface area contributed by atoms with E-state index in [-0.39, 0.29) is 0 Å². The van der Waals surface area contributed by atoms with E-state index >= 15 is 0 Å². The maximum atomic E-state index is 6.03. The van der Waals surface area contributed by atoms with Crippen molar-refractivity contribution < 1.29 is 4.74 Å². The second-order valence-electron chi connectivity index (χ2n) is 4.16. The molecule has 2 nitrogen and oxygen atoms in total. The molecule has 0 fully saturated rings. The predicted octanol–water partition coefficient (Wildman–Crippen LogP) is 5.01. The largest absolute Gasteiger partial charge is 0.497 e. The summed E-state index contributed by atoms with van der Waals surface area (Å²) in [6.07, 6.45) is 0. The molecule has 0 unspecified atom stereocenters. The van der Waals surface area contributed by atoms with Crippen molar-refractivity contribution in [2.24, 2.45) is 0 Å². The van der Waals surface area contributed by atoms with Crippen molar-refractivity contribution in [3.8, 4) is 5.75 Å². The summed E-state index contributed by atoms with van der Waals surface area (Å²) in [4.78, 5) is 2.13. The molecular formula is C15H15BrClNO. The van der Waals surface area contributed by atoms with Crippen LogP contribution < -0.4 is 9.64 Å². The van der Waals surface area contributed by atoms with Gasteiger partial charge in [0, 0.05) is 28.8 Å². The van der Waals surface area contributed by atoms with Gasteiger partial charge in [0.2, 0.25) is 0 Å². The maximum Gasteiger partial charge on any atom is 0.119 e. The second-order valence-corrected chi connectivity index (χ2v) is 5.16. The molecule has 0 amide bonds. The molecule has 0 radical (unpaired) electrons. The molecule has 19 heavy (non-hydrogen) atoms. The predicted molar refractivity (Wildman–Crippen MR) is 85.1 cm³/mol. The van der Waals surface area contributed by atoms with E-state index in [1.807, 2.05) is 49.5 Å². The van der Waals surface area contributed by atoms with Crippen LogP contribution in [0, 0.1) is 0 Å². The van der Waals surface area contributed by atoms with Gasteiger partial charge >= 0.3 is 0 Å². The van der Waals surface area contributed by atoms with Crippen molar-refractivity contribution in [1.82, 2.24) is 0 Å². The maximum absolute atomic E-state index is 6.03. The van der Waals surface area contributed by atoms with Crippen LogP contribution >= 0.6 is 27.5 Å². The Morgan fingerprint density at radius 3 is 2.42 bits per heavy atom. The Morgan fingerprint density at radius 1 is 1.16 bits per heavy atom. The third-order valence-electron chi connectivity index (χ3n) is 3.01. The van der Waals surface area contributed by atoms with E-state index in [4.69, 9.17) is 16.3 Å². The second kappa shape index (κ2) is 6.31. The number of alkyl halides is 1. The minimum Gasteiger partial charge on any atom is -0.497 e. The van der Waals surface area contributed by atoms with E-state index in [0.717, 1.165) is 33.0 Å². The minimum atomic E-state index is 0.751. The van der Waals surface area contributed by atoms with Crippen molar-refractivity contribution in [3.63, 3.8) is 0 Å². The molecule has 0 spiro atoms. The summed E-state index contributed by atoms with van der Waals surface area (Å²) in [5.74, 6) is 0.856. The van der Waals surface area contributed by atoms with Gasteiger partial charge in [-0.3, -0.25) is 0 Å². The monoisotopic (exact) mass is 339 g/mol. The number of hydrogen-bond donors (Lipinski definition) is 0. The zero-order valence-electron chi connectivity index (χ0n) is 10.9. The topological polar surface area (TPSA) is 12.5 Å². The minimum absolute atomic E-state index is 0.751. The lowest BCUT2D eigenvalue weighted by Gasteiger charge is -2.22. The fourth-order valence-corrected chi connectivity index (χ4v) is 2.58. The van der Waals surface area contributed by atoms with Gasteiger partial charge in [-0.25, -0.2) is 0 Å². The van der Waals surface area contributed by atoms with Gasteiger partial charge in [0.15, 0.2) is 0 Å². The lowest BCUT2D eigenvalue weighted by Crippen LogP contribution is -2.11. The number of rotatable bonds is 4. The molecule has 0 aromatic heterocycles. The summed E-state index contributed by atoms with van der Waals surface area (Å²) in [6, 6.07) is 13.9. The summed E-state index contributed by atoms with van der Waals surface area (Å²) in [6.45, 7) is 0. The summed E-state index contributed by atoms with van der Waals surface area (Å²) in [5.41, 5.74) is 3.39. The average Bonchev–Trinajstić information content (AvgIpc) is 2.46. The summed E-state index contributed by atoms with van der Waals surface area (Å²) < 4.78 is 5.17. The van der Waals surface area contributed by atoms with Crippen LogP contribution in [0.3, 0.4) is 0 Å². The van der Waals surface area contributed by atoms with Crippen LogP contribution in [0.2, 0.25) is 5.02 Å². The zero-order chi connectivity index (χ0) is 13.8. The first-order chi connectivity index (χ1) is 9.15. The van der Waals surface area contributed by atoms with Crippen LogP contribution in [-0.2, 0) is 5.33 Å². The molecule has 0 N–H and O–H groups in total. The molecule has 2 aromatic rings. The smallest absolute Gasteiger partial charge is 0.119 e. The lowest BCUT2D eigenvalue weighted by molar-refractivity contribution is 0.415.